The minimum absolute atomic E-state index is 0.0693. The smallest absolute Gasteiger partial charge is 0.224 e. The maximum absolute atomic E-state index is 12.8. The lowest BCUT2D eigenvalue weighted by Gasteiger charge is -2.24. The molecule has 1 aromatic rings. The lowest BCUT2D eigenvalue weighted by Crippen LogP contribution is -2.44. The summed E-state index contributed by atoms with van der Waals surface area (Å²) in [5.41, 5.74) is 1.04. The van der Waals surface area contributed by atoms with E-state index in [9.17, 15) is 9.18 Å². The summed E-state index contributed by atoms with van der Waals surface area (Å²) >= 11 is 0. The number of rotatable bonds is 4. The van der Waals surface area contributed by atoms with Gasteiger partial charge in [0.05, 0.1) is 5.92 Å². The van der Waals surface area contributed by atoms with Gasteiger partial charge in [0.2, 0.25) is 5.91 Å². The summed E-state index contributed by atoms with van der Waals surface area (Å²) in [5.74, 6) is -0.0139. The second kappa shape index (κ2) is 6.66. The van der Waals surface area contributed by atoms with Crippen molar-refractivity contribution in [2.24, 2.45) is 5.92 Å². The Morgan fingerprint density at radius 1 is 1.47 bits per heavy atom. The molecule has 0 aromatic heterocycles. The number of carbonyl (C=O) groups is 1. The van der Waals surface area contributed by atoms with E-state index in [1.165, 1.54) is 12.1 Å². The first-order valence-electron chi connectivity index (χ1n) is 6.90. The lowest BCUT2D eigenvalue weighted by molar-refractivity contribution is -0.126. The molecule has 1 fully saturated rings. The summed E-state index contributed by atoms with van der Waals surface area (Å²) in [6.45, 7) is 3.77. The second-order valence-electron chi connectivity index (χ2n) is 5.28. The number of hydrogen-bond acceptors (Lipinski definition) is 2. The van der Waals surface area contributed by atoms with Crippen LogP contribution in [0.3, 0.4) is 0 Å². The Morgan fingerprint density at radius 3 is 2.84 bits per heavy atom. The van der Waals surface area contributed by atoms with Crippen molar-refractivity contribution in [2.45, 2.75) is 32.2 Å². The van der Waals surface area contributed by atoms with E-state index in [-0.39, 0.29) is 23.7 Å². The molecular weight excluding hydrogens is 243 g/mol. The Balaban J connectivity index is 1.81. The monoisotopic (exact) mass is 264 g/mol. The van der Waals surface area contributed by atoms with Gasteiger partial charge < -0.3 is 10.6 Å². The van der Waals surface area contributed by atoms with E-state index < -0.39 is 0 Å². The zero-order valence-electron chi connectivity index (χ0n) is 11.3. The Morgan fingerprint density at radius 2 is 2.21 bits per heavy atom. The molecule has 3 nitrogen and oxygen atoms in total. The van der Waals surface area contributed by atoms with Gasteiger partial charge >= 0.3 is 0 Å². The quantitative estimate of drug-likeness (QED) is 0.871. The van der Waals surface area contributed by atoms with E-state index in [0.717, 1.165) is 37.9 Å². The Labute approximate surface area is 113 Å². The van der Waals surface area contributed by atoms with Crippen LogP contribution in [-0.4, -0.2) is 25.0 Å². The van der Waals surface area contributed by atoms with Crippen LogP contribution in [0, 0.1) is 11.7 Å². The molecule has 0 bridgehead atoms. The standard InChI is InChI=1S/C15H21FN2O/c1-11(9-12-4-6-14(16)7-5-12)18-15(19)13-3-2-8-17-10-13/h4-7,11,13,17H,2-3,8-10H2,1H3,(H,18,19)/t11?,13-/m0/s1. The third-order valence-corrected chi connectivity index (χ3v) is 3.51. The normalized spacial score (nSPS) is 20.8. The van der Waals surface area contributed by atoms with Crippen LogP contribution in [0.5, 0.6) is 0 Å². The molecule has 2 N–H and O–H groups in total. The van der Waals surface area contributed by atoms with Gasteiger partial charge in [-0.25, -0.2) is 4.39 Å². The van der Waals surface area contributed by atoms with Gasteiger partial charge in [0.1, 0.15) is 5.82 Å². The van der Waals surface area contributed by atoms with Gasteiger partial charge in [0.25, 0.3) is 0 Å². The highest BCUT2D eigenvalue weighted by molar-refractivity contribution is 5.79. The van der Waals surface area contributed by atoms with Crippen LogP contribution in [0.2, 0.25) is 0 Å². The van der Waals surface area contributed by atoms with Gasteiger partial charge in [0.15, 0.2) is 0 Å². The van der Waals surface area contributed by atoms with Crippen LogP contribution in [0.1, 0.15) is 25.3 Å². The van der Waals surface area contributed by atoms with Gasteiger partial charge in [-0.3, -0.25) is 4.79 Å². The molecule has 0 saturated carbocycles. The zero-order chi connectivity index (χ0) is 13.7. The summed E-state index contributed by atoms with van der Waals surface area (Å²) in [6, 6.07) is 6.50. The maximum atomic E-state index is 12.8. The highest BCUT2D eigenvalue weighted by atomic mass is 19.1. The molecule has 0 radical (unpaired) electrons. The fourth-order valence-corrected chi connectivity index (χ4v) is 2.46. The average Bonchev–Trinajstić information content (AvgIpc) is 2.42. The van der Waals surface area contributed by atoms with E-state index in [2.05, 4.69) is 10.6 Å². The minimum Gasteiger partial charge on any atom is -0.353 e. The van der Waals surface area contributed by atoms with Gasteiger partial charge in [-0.1, -0.05) is 12.1 Å². The predicted molar refractivity (Wildman–Crippen MR) is 73.3 cm³/mol. The molecule has 0 spiro atoms. The van der Waals surface area contributed by atoms with E-state index in [4.69, 9.17) is 0 Å². The molecular formula is C15H21FN2O. The van der Waals surface area contributed by atoms with Crippen molar-refractivity contribution >= 4 is 5.91 Å². The van der Waals surface area contributed by atoms with E-state index >= 15 is 0 Å². The summed E-state index contributed by atoms with van der Waals surface area (Å²) in [7, 11) is 0. The van der Waals surface area contributed by atoms with Crippen LogP contribution in [-0.2, 0) is 11.2 Å². The van der Waals surface area contributed by atoms with Gasteiger partial charge in [-0.2, -0.15) is 0 Å². The van der Waals surface area contributed by atoms with Crippen LogP contribution in [0.25, 0.3) is 0 Å². The first kappa shape index (κ1) is 14.0. The molecule has 19 heavy (non-hydrogen) atoms. The van der Waals surface area contributed by atoms with E-state index in [1.54, 1.807) is 12.1 Å². The lowest BCUT2D eigenvalue weighted by atomic mass is 9.98. The third kappa shape index (κ3) is 4.31. The summed E-state index contributed by atoms with van der Waals surface area (Å²) in [5, 5.41) is 6.28. The molecule has 1 aliphatic heterocycles. The highest BCUT2D eigenvalue weighted by Gasteiger charge is 2.21. The van der Waals surface area contributed by atoms with Crippen LogP contribution in [0.4, 0.5) is 4.39 Å². The predicted octanol–water partition coefficient (Wildman–Crippen LogP) is 1.87. The van der Waals surface area contributed by atoms with Crippen molar-refractivity contribution in [3.05, 3.63) is 35.6 Å². The molecule has 1 amide bonds. The third-order valence-electron chi connectivity index (χ3n) is 3.51. The number of piperidine rings is 1. The molecule has 1 aromatic carbocycles. The maximum Gasteiger partial charge on any atom is 0.224 e. The van der Waals surface area contributed by atoms with Crippen LogP contribution < -0.4 is 10.6 Å². The van der Waals surface area contributed by atoms with Crippen molar-refractivity contribution < 1.29 is 9.18 Å². The Hall–Kier alpha value is -1.42. The molecule has 1 saturated heterocycles. The van der Waals surface area contributed by atoms with Crippen molar-refractivity contribution in [3.63, 3.8) is 0 Å². The summed E-state index contributed by atoms with van der Waals surface area (Å²) in [6.07, 6.45) is 2.75. The number of carbonyl (C=O) groups excluding carboxylic acids is 1. The van der Waals surface area contributed by atoms with Crippen molar-refractivity contribution in [1.29, 1.82) is 0 Å². The molecule has 1 unspecified atom stereocenters. The molecule has 0 aliphatic carbocycles. The van der Waals surface area contributed by atoms with Crippen LogP contribution >= 0.6 is 0 Å². The summed E-state index contributed by atoms with van der Waals surface area (Å²) in [4.78, 5) is 12.0. The summed E-state index contributed by atoms with van der Waals surface area (Å²) < 4.78 is 12.8. The van der Waals surface area contributed by atoms with Crippen molar-refractivity contribution in [3.8, 4) is 0 Å². The second-order valence-corrected chi connectivity index (χ2v) is 5.28. The SMILES string of the molecule is CC(Cc1ccc(F)cc1)NC(=O)[C@H]1CCCNC1. The molecule has 4 heteroatoms. The fraction of sp³-hybridized carbons (Fsp3) is 0.533. The Kier molecular flexibility index (Phi) is 4.91. The average molecular weight is 264 g/mol. The largest absolute Gasteiger partial charge is 0.353 e. The van der Waals surface area contributed by atoms with E-state index in [1.807, 2.05) is 6.92 Å². The highest BCUT2D eigenvalue weighted by Crippen LogP contribution is 2.11. The minimum atomic E-state index is -0.228. The molecule has 2 atom stereocenters. The topological polar surface area (TPSA) is 41.1 Å². The molecule has 2 rings (SSSR count). The van der Waals surface area contributed by atoms with E-state index in [0.29, 0.717) is 0 Å². The van der Waals surface area contributed by atoms with Crippen molar-refractivity contribution in [1.82, 2.24) is 10.6 Å². The number of amides is 1. The number of hydrogen-bond donors (Lipinski definition) is 2. The molecule has 1 heterocycles. The van der Waals surface area contributed by atoms with Crippen LogP contribution in [0.15, 0.2) is 24.3 Å². The fourth-order valence-electron chi connectivity index (χ4n) is 2.46. The number of benzene rings is 1. The van der Waals surface area contributed by atoms with Gasteiger partial charge in [-0.15, -0.1) is 0 Å². The van der Waals surface area contributed by atoms with Gasteiger partial charge in [-0.05, 0) is 50.4 Å². The first-order chi connectivity index (χ1) is 9.15. The Bertz CT molecular complexity index is 413. The van der Waals surface area contributed by atoms with Crippen molar-refractivity contribution in [2.75, 3.05) is 13.1 Å². The first-order valence-corrected chi connectivity index (χ1v) is 6.90. The number of nitrogens with one attached hydrogen (secondary N) is 2. The van der Waals surface area contributed by atoms with Gasteiger partial charge in [0, 0.05) is 12.6 Å². The molecule has 104 valence electrons. The number of halogens is 1. The zero-order valence-corrected chi connectivity index (χ0v) is 11.3. The molecule has 1 aliphatic rings.